The molecule has 0 radical (unpaired) electrons. The molecule has 2 rings (SSSR count). The first-order chi connectivity index (χ1) is 6.77. The van der Waals surface area contributed by atoms with E-state index >= 15 is 0 Å². The Morgan fingerprint density at radius 2 is 2.33 bits per heavy atom. The second-order valence-electron chi connectivity index (χ2n) is 3.62. The standard InChI is InChI=1S/C11H14N2O.K/c1-13-6-4-10(11(13)14)7-9-3-2-5-12-8-9;/h2-3,5,8,14H,4,6-7H2,1H3;/q;+1/p-1. The molecule has 74 valence electrons. The SMILES string of the molecule is CN1CCC(Cc2cccnc2)=C1[O-].[K+]. The minimum atomic E-state index is 0. The van der Waals surface area contributed by atoms with E-state index in [0.717, 1.165) is 30.5 Å². The number of nitrogens with zero attached hydrogens (tertiary/aromatic N) is 2. The van der Waals surface area contributed by atoms with Crippen molar-refractivity contribution in [1.82, 2.24) is 9.88 Å². The maximum atomic E-state index is 11.6. The molecule has 0 aromatic carbocycles. The van der Waals surface area contributed by atoms with Crippen LogP contribution in [0.15, 0.2) is 36.0 Å². The van der Waals surface area contributed by atoms with Gasteiger partial charge in [0.15, 0.2) is 0 Å². The molecule has 0 N–H and O–H groups in total. The van der Waals surface area contributed by atoms with Crippen molar-refractivity contribution >= 4 is 0 Å². The van der Waals surface area contributed by atoms with Gasteiger partial charge in [-0.1, -0.05) is 11.6 Å². The predicted octanol–water partition coefficient (Wildman–Crippen LogP) is -2.46. The third-order valence-corrected chi connectivity index (χ3v) is 2.54. The van der Waals surface area contributed by atoms with Crippen LogP contribution in [0, 0.1) is 0 Å². The van der Waals surface area contributed by atoms with Crippen molar-refractivity contribution in [3.63, 3.8) is 0 Å². The van der Waals surface area contributed by atoms with E-state index < -0.39 is 0 Å². The van der Waals surface area contributed by atoms with E-state index in [4.69, 9.17) is 0 Å². The molecule has 0 unspecified atom stereocenters. The Balaban J connectivity index is 0.00000112. The zero-order valence-corrected chi connectivity index (χ0v) is 12.4. The van der Waals surface area contributed by atoms with Crippen LogP contribution in [0.3, 0.4) is 0 Å². The monoisotopic (exact) mass is 228 g/mol. The molecule has 4 heteroatoms. The van der Waals surface area contributed by atoms with Gasteiger partial charge in [0.25, 0.3) is 0 Å². The van der Waals surface area contributed by atoms with Gasteiger partial charge in [-0.2, -0.15) is 0 Å². The van der Waals surface area contributed by atoms with E-state index in [0.29, 0.717) is 0 Å². The minimum absolute atomic E-state index is 0. The maximum absolute atomic E-state index is 11.6. The molecule has 0 spiro atoms. The van der Waals surface area contributed by atoms with Gasteiger partial charge in [0.1, 0.15) is 0 Å². The fraction of sp³-hybridized carbons (Fsp3) is 0.364. The van der Waals surface area contributed by atoms with Crippen molar-refractivity contribution in [2.75, 3.05) is 13.6 Å². The van der Waals surface area contributed by atoms with Crippen LogP contribution in [-0.2, 0) is 6.42 Å². The van der Waals surface area contributed by atoms with Gasteiger partial charge < -0.3 is 10.0 Å². The quantitative estimate of drug-likeness (QED) is 0.527. The van der Waals surface area contributed by atoms with E-state index in [1.807, 2.05) is 25.4 Å². The van der Waals surface area contributed by atoms with Crippen molar-refractivity contribution in [2.24, 2.45) is 0 Å². The summed E-state index contributed by atoms with van der Waals surface area (Å²) in [5.41, 5.74) is 2.12. The van der Waals surface area contributed by atoms with Crippen LogP contribution in [0.2, 0.25) is 0 Å². The van der Waals surface area contributed by atoms with Gasteiger partial charge in [0, 0.05) is 26.0 Å². The molecule has 0 atom stereocenters. The topological polar surface area (TPSA) is 39.2 Å². The van der Waals surface area contributed by atoms with E-state index in [1.165, 1.54) is 0 Å². The number of rotatable bonds is 2. The van der Waals surface area contributed by atoms with Crippen LogP contribution in [0.4, 0.5) is 0 Å². The molecule has 1 aliphatic heterocycles. The van der Waals surface area contributed by atoms with E-state index in [9.17, 15) is 5.11 Å². The van der Waals surface area contributed by atoms with Gasteiger partial charge in [-0.25, -0.2) is 0 Å². The fourth-order valence-corrected chi connectivity index (χ4v) is 1.69. The van der Waals surface area contributed by atoms with Crippen LogP contribution in [0.5, 0.6) is 0 Å². The Morgan fingerprint density at radius 1 is 1.53 bits per heavy atom. The number of aromatic nitrogens is 1. The third kappa shape index (κ3) is 3.29. The second-order valence-corrected chi connectivity index (χ2v) is 3.62. The summed E-state index contributed by atoms with van der Waals surface area (Å²) >= 11 is 0. The summed E-state index contributed by atoms with van der Waals surface area (Å²) in [4.78, 5) is 5.80. The summed E-state index contributed by atoms with van der Waals surface area (Å²) in [5, 5.41) is 11.6. The fourth-order valence-electron chi connectivity index (χ4n) is 1.69. The Hall–Kier alpha value is 0.126. The molecule has 1 aromatic heterocycles. The van der Waals surface area contributed by atoms with Gasteiger partial charge in [-0.3, -0.25) is 4.98 Å². The molecular weight excluding hydrogens is 215 g/mol. The van der Waals surface area contributed by atoms with Gasteiger partial charge >= 0.3 is 51.4 Å². The minimum Gasteiger partial charge on any atom is -0.860 e. The molecule has 1 aromatic rings. The Kier molecular flexibility index (Phi) is 5.28. The van der Waals surface area contributed by atoms with Crippen molar-refractivity contribution in [3.05, 3.63) is 41.5 Å². The molecule has 15 heavy (non-hydrogen) atoms. The predicted molar refractivity (Wildman–Crippen MR) is 52.2 cm³/mol. The molecule has 0 saturated carbocycles. The summed E-state index contributed by atoms with van der Waals surface area (Å²) in [6.45, 7) is 0.856. The van der Waals surface area contributed by atoms with Crippen LogP contribution in [0.25, 0.3) is 0 Å². The van der Waals surface area contributed by atoms with Crippen LogP contribution in [-0.4, -0.2) is 23.5 Å². The van der Waals surface area contributed by atoms with Gasteiger partial charge in [-0.15, -0.1) is 0 Å². The Morgan fingerprint density at radius 3 is 2.87 bits per heavy atom. The van der Waals surface area contributed by atoms with E-state index in [2.05, 4.69) is 4.98 Å². The van der Waals surface area contributed by atoms with Crippen LogP contribution in [0.1, 0.15) is 12.0 Å². The molecule has 2 heterocycles. The summed E-state index contributed by atoms with van der Waals surface area (Å²) in [6, 6.07) is 3.91. The molecule has 0 fully saturated rings. The maximum Gasteiger partial charge on any atom is 1.00 e. The van der Waals surface area contributed by atoms with Crippen molar-refractivity contribution in [3.8, 4) is 0 Å². The van der Waals surface area contributed by atoms with Crippen molar-refractivity contribution in [2.45, 2.75) is 12.8 Å². The number of hydrogen-bond donors (Lipinski definition) is 0. The van der Waals surface area contributed by atoms with Crippen LogP contribution >= 0.6 is 0 Å². The van der Waals surface area contributed by atoms with Gasteiger partial charge in [0.2, 0.25) is 0 Å². The average molecular weight is 228 g/mol. The summed E-state index contributed by atoms with van der Waals surface area (Å²) in [6.07, 6.45) is 5.20. The largest absolute Gasteiger partial charge is 1.00 e. The molecule has 0 bridgehead atoms. The number of pyridine rings is 1. The first-order valence-electron chi connectivity index (χ1n) is 4.76. The smallest absolute Gasteiger partial charge is 0.860 e. The molecular formula is C11H13KN2O. The summed E-state index contributed by atoms with van der Waals surface area (Å²) in [7, 11) is 1.85. The van der Waals surface area contributed by atoms with Gasteiger partial charge in [-0.05, 0) is 30.4 Å². The zero-order valence-electron chi connectivity index (χ0n) is 9.23. The molecule has 0 amide bonds. The number of hydrogen-bond acceptors (Lipinski definition) is 3. The van der Waals surface area contributed by atoms with E-state index in [1.54, 1.807) is 11.1 Å². The average Bonchev–Trinajstić information content (AvgIpc) is 2.52. The Bertz CT molecular complexity index is 351. The third-order valence-electron chi connectivity index (χ3n) is 2.54. The normalized spacial score (nSPS) is 15.4. The molecule has 0 aliphatic carbocycles. The van der Waals surface area contributed by atoms with Crippen LogP contribution < -0.4 is 56.5 Å². The van der Waals surface area contributed by atoms with E-state index in [-0.39, 0.29) is 57.3 Å². The second kappa shape index (κ2) is 6.01. The van der Waals surface area contributed by atoms with Crippen molar-refractivity contribution in [1.29, 1.82) is 0 Å². The first-order valence-corrected chi connectivity index (χ1v) is 4.76. The summed E-state index contributed by atoms with van der Waals surface area (Å²) in [5.74, 6) is 0.189. The zero-order chi connectivity index (χ0) is 9.97. The Labute approximate surface area is 133 Å². The first kappa shape index (κ1) is 13.2. The van der Waals surface area contributed by atoms with Gasteiger partial charge in [0.05, 0.1) is 0 Å². The summed E-state index contributed by atoms with van der Waals surface area (Å²) < 4.78 is 0. The molecule has 3 nitrogen and oxygen atoms in total. The molecule has 1 aliphatic rings. The molecule has 0 saturated heterocycles. The van der Waals surface area contributed by atoms with Crippen molar-refractivity contribution < 1.29 is 56.5 Å².